The third kappa shape index (κ3) is 2.74. The number of aromatic nitrogens is 2. The van der Waals surface area contributed by atoms with Crippen LogP contribution in [0.15, 0.2) is 28.9 Å². The molecule has 0 aliphatic rings. The Morgan fingerprint density at radius 2 is 2.15 bits per heavy atom. The minimum atomic E-state index is -0.594. The van der Waals surface area contributed by atoms with Crippen LogP contribution in [0, 0.1) is 5.82 Å². The smallest absolute Gasteiger partial charge is 0.129 e. The summed E-state index contributed by atoms with van der Waals surface area (Å²) in [5, 5.41) is 4.66. The first-order valence-electron chi connectivity index (χ1n) is 6.10. The monoisotopic (exact) mass is 360 g/mol. The number of halogens is 3. The molecule has 0 aliphatic heterocycles. The summed E-state index contributed by atoms with van der Waals surface area (Å²) in [7, 11) is 0. The van der Waals surface area contributed by atoms with Gasteiger partial charge in [-0.3, -0.25) is 10.5 Å². The molecule has 7 heteroatoms. The fraction of sp³-hybridized carbons (Fsp3) is 0.308. The molecule has 108 valence electrons. The maximum atomic E-state index is 14.1. The molecule has 0 spiro atoms. The van der Waals surface area contributed by atoms with Gasteiger partial charge in [0, 0.05) is 16.1 Å². The fourth-order valence-corrected chi connectivity index (χ4v) is 2.93. The number of nitrogens with two attached hydrogens (primary N) is 1. The van der Waals surface area contributed by atoms with Crippen LogP contribution < -0.4 is 11.3 Å². The highest BCUT2D eigenvalue weighted by Crippen LogP contribution is 2.34. The third-order valence-electron chi connectivity index (χ3n) is 3.00. The SMILES string of the molecule is CC(C)n1ncc(Cl)c1C(NN)c1c(F)cccc1Br. The molecule has 3 N–H and O–H groups in total. The van der Waals surface area contributed by atoms with E-state index in [0.717, 1.165) is 0 Å². The average molecular weight is 362 g/mol. The van der Waals surface area contributed by atoms with Crippen LogP contribution in [0.3, 0.4) is 0 Å². The lowest BCUT2D eigenvalue weighted by molar-refractivity contribution is 0.466. The number of hydrogen-bond acceptors (Lipinski definition) is 3. The van der Waals surface area contributed by atoms with Gasteiger partial charge < -0.3 is 0 Å². The number of rotatable bonds is 4. The molecule has 1 heterocycles. The lowest BCUT2D eigenvalue weighted by atomic mass is 10.0. The standard InChI is InChI=1S/C13H15BrClFN4/c1-7(2)20-13(9(15)6-18-20)12(19-17)11-8(14)4-3-5-10(11)16/h3-7,12,19H,17H2,1-2H3. The molecule has 1 aromatic heterocycles. The zero-order chi connectivity index (χ0) is 14.9. The molecule has 4 nitrogen and oxygen atoms in total. The first kappa shape index (κ1) is 15.4. The van der Waals surface area contributed by atoms with Crippen molar-refractivity contribution in [2.75, 3.05) is 0 Å². The van der Waals surface area contributed by atoms with E-state index in [-0.39, 0.29) is 11.9 Å². The minimum absolute atomic E-state index is 0.0823. The van der Waals surface area contributed by atoms with E-state index in [1.807, 2.05) is 13.8 Å². The van der Waals surface area contributed by atoms with Crippen LogP contribution in [0.2, 0.25) is 5.02 Å². The van der Waals surface area contributed by atoms with Crippen molar-refractivity contribution in [3.05, 3.63) is 51.0 Å². The van der Waals surface area contributed by atoms with Crippen LogP contribution in [0.25, 0.3) is 0 Å². The van der Waals surface area contributed by atoms with Crippen molar-refractivity contribution in [3.8, 4) is 0 Å². The van der Waals surface area contributed by atoms with Crippen LogP contribution in [0.4, 0.5) is 4.39 Å². The minimum Gasteiger partial charge on any atom is -0.271 e. The molecular weight excluding hydrogens is 347 g/mol. The molecule has 0 radical (unpaired) electrons. The van der Waals surface area contributed by atoms with E-state index in [0.29, 0.717) is 20.8 Å². The highest BCUT2D eigenvalue weighted by molar-refractivity contribution is 9.10. The van der Waals surface area contributed by atoms with Gasteiger partial charge in [-0.2, -0.15) is 5.10 Å². The van der Waals surface area contributed by atoms with Crippen molar-refractivity contribution >= 4 is 27.5 Å². The summed E-state index contributed by atoms with van der Waals surface area (Å²) in [6.07, 6.45) is 1.54. The maximum Gasteiger partial charge on any atom is 0.129 e. The van der Waals surface area contributed by atoms with Crippen molar-refractivity contribution in [1.82, 2.24) is 15.2 Å². The maximum absolute atomic E-state index is 14.1. The van der Waals surface area contributed by atoms with Crippen LogP contribution in [-0.4, -0.2) is 9.78 Å². The van der Waals surface area contributed by atoms with Gasteiger partial charge in [0.05, 0.1) is 23.0 Å². The van der Waals surface area contributed by atoms with Gasteiger partial charge in [0.25, 0.3) is 0 Å². The molecule has 20 heavy (non-hydrogen) atoms. The Balaban J connectivity index is 2.62. The molecule has 0 saturated carbocycles. The molecule has 0 bridgehead atoms. The van der Waals surface area contributed by atoms with Gasteiger partial charge in [-0.25, -0.2) is 9.82 Å². The van der Waals surface area contributed by atoms with Crippen molar-refractivity contribution in [1.29, 1.82) is 0 Å². The molecule has 1 unspecified atom stereocenters. The van der Waals surface area contributed by atoms with Gasteiger partial charge in [-0.1, -0.05) is 33.6 Å². The largest absolute Gasteiger partial charge is 0.271 e. The van der Waals surface area contributed by atoms with E-state index in [2.05, 4.69) is 26.5 Å². The second-order valence-corrected chi connectivity index (χ2v) is 5.91. The van der Waals surface area contributed by atoms with E-state index < -0.39 is 6.04 Å². The molecular formula is C13H15BrClFN4. The van der Waals surface area contributed by atoms with Crippen molar-refractivity contribution in [3.63, 3.8) is 0 Å². The molecule has 0 saturated heterocycles. The molecule has 0 aliphatic carbocycles. The van der Waals surface area contributed by atoms with E-state index >= 15 is 0 Å². The average Bonchev–Trinajstić information content (AvgIpc) is 2.76. The Bertz CT molecular complexity index is 594. The number of hydrogen-bond donors (Lipinski definition) is 2. The predicted octanol–water partition coefficient (Wildman–Crippen LogP) is 3.57. The fourth-order valence-electron chi connectivity index (χ4n) is 2.12. The summed E-state index contributed by atoms with van der Waals surface area (Å²) >= 11 is 9.55. The number of nitrogens with one attached hydrogen (secondary N) is 1. The van der Waals surface area contributed by atoms with Gasteiger partial charge in [-0.15, -0.1) is 0 Å². The molecule has 2 aromatic rings. The van der Waals surface area contributed by atoms with Crippen LogP contribution in [0.5, 0.6) is 0 Å². The van der Waals surface area contributed by atoms with E-state index in [4.69, 9.17) is 17.4 Å². The van der Waals surface area contributed by atoms with Gasteiger partial charge in [0.1, 0.15) is 5.82 Å². The zero-order valence-corrected chi connectivity index (χ0v) is 13.4. The number of benzene rings is 1. The summed E-state index contributed by atoms with van der Waals surface area (Å²) < 4.78 is 16.5. The summed E-state index contributed by atoms with van der Waals surface area (Å²) in [4.78, 5) is 0. The first-order valence-corrected chi connectivity index (χ1v) is 7.27. The summed E-state index contributed by atoms with van der Waals surface area (Å²) in [6.45, 7) is 3.94. The normalized spacial score (nSPS) is 12.9. The van der Waals surface area contributed by atoms with E-state index in [1.165, 1.54) is 12.3 Å². The number of hydrazine groups is 1. The highest BCUT2D eigenvalue weighted by Gasteiger charge is 2.26. The third-order valence-corrected chi connectivity index (χ3v) is 3.99. The lowest BCUT2D eigenvalue weighted by Crippen LogP contribution is -2.32. The van der Waals surface area contributed by atoms with Gasteiger partial charge >= 0.3 is 0 Å². The molecule has 0 amide bonds. The summed E-state index contributed by atoms with van der Waals surface area (Å²) in [5.41, 5.74) is 3.66. The second-order valence-electron chi connectivity index (χ2n) is 4.65. The van der Waals surface area contributed by atoms with Crippen LogP contribution in [0.1, 0.15) is 37.2 Å². The Morgan fingerprint density at radius 3 is 2.70 bits per heavy atom. The van der Waals surface area contributed by atoms with Crippen molar-refractivity contribution in [2.45, 2.75) is 25.9 Å². The van der Waals surface area contributed by atoms with Gasteiger partial charge in [0.15, 0.2) is 0 Å². The lowest BCUT2D eigenvalue weighted by Gasteiger charge is -2.22. The summed E-state index contributed by atoms with van der Waals surface area (Å²) in [6, 6.07) is 4.25. The Labute approximate surface area is 130 Å². The zero-order valence-electron chi connectivity index (χ0n) is 11.1. The Hall–Kier alpha value is -0.950. The van der Waals surface area contributed by atoms with Crippen molar-refractivity contribution in [2.24, 2.45) is 5.84 Å². The topological polar surface area (TPSA) is 55.9 Å². The Morgan fingerprint density at radius 1 is 1.45 bits per heavy atom. The van der Waals surface area contributed by atoms with Crippen LogP contribution in [-0.2, 0) is 0 Å². The highest BCUT2D eigenvalue weighted by atomic mass is 79.9. The molecule has 2 rings (SSSR count). The van der Waals surface area contributed by atoms with Crippen LogP contribution >= 0.6 is 27.5 Å². The predicted molar refractivity (Wildman–Crippen MR) is 80.9 cm³/mol. The van der Waals surface area contributed by atoms with E-state index in [9.17, 15) is 4.39 Å². The number of nitrogens with zero attached hydrogens (tertiary/aromatic N) is 2. The van der Waals surface area contributed by atoms with E-state index in [1.54, 1.807) is 16.8 Å². The first-order chi connectivity index (χ1) is 9.47. The molecule has 1 aromatic carbocycles. The molecule has 1 atom stereocenters. The van der Waals surface area contributed by atoms with Crippen molar-refractivity contribution < 1.29 is 4.39 Å². The molecule has 0 fully saturated rings. The van der Waals surface area contributed by atoms with Gasteiger partial charge in [0.2, 0.25) is 0 Å². The quantitative estimate of drug-likeness (QED) is 0.646. The Kier molecular flexibility index (Phi) is 4.80. The summed E-state index contributed by atoms with van der Waals surface area (Å²) in [5.74, 6) is 5.27. The second kappa shape index (κ2) is 6.22. The van der Waals surface area contributed by atoms with Gasteiger partial charge in [-0.05, 0) is 26.0 Å².